The van der Waals surface area contributed by atoms with E-state index in [1.54, 1.807) is 16.9 Å². The van der Waals surface area contributed by atoms with Crippen LogP contribution >= 0.6 is 11.3 Å². The van der Waals surface area contributed by atoms with Crippen molar-refractivity contribution in [1.82, 2.24) is 19.8 Å². The van der Waals surface area contributed by atoms with E-state index in [9.17, 15) is 8.42 Å². The highest BCUT2D eigenvalue weighted by Crippen LogP contribution is 2.19. The van der Waals surface area contributed by atoms with E-state index in [2.05, 4.69) is 15.1 Å². The second-order valence-electron chi connectivity index (χ2n) is 4.48. The zero-order valence-corrected chi connectivity index (χ0v) is 13.1. The summed E-state index contributed by atoms with van der Waals surface area (Å²) in [5.41, 5.74) is 2.03. The maximum absolute atomic E-state index is 12.1. The maximum Gasteiger partial charge on any atom is 0.250 e. The summed E-state index contributed by atoms with van der Waals surface area (Å²) in [6, 6.07) is 1.70. The van der Waals surface area contributed by atoms with Crippen LogP contribution in [0.4, 0.5) is 0 Å². The number of nitrogens with one attached hydrogen (secondary N) is 2. The predicted octanol–water partition coefficient (Wildman–Crippen LogP) is 0.951. The molecule has 8 heteroatoms. The monoisotopic (exact) mass is 314 g/mol. The Labute approximate surface area is 122 Å². The first kappa shape index (κ1) is 15.2. The third-order valence-corrected chi connectivity index (χ3v) is 5.62. The number of rotatable bonds is 7. The summed E-state index contributed by atoms with van der Waals surface area (Å²) in [6.07, 6.45) is 3.63. The van der Waals surface area contributed by atoms with Crippen molar-refractivity contribution in [3.8, 4) is 0 Å². The van der Waals surface area contributed by atoms with Crippen LogP contribution in [0.1, 0.15) is 11.1 Å². The van der Waals surface area contributed by atoms with E-state index >= 15 is 0 Å². The Balaban J connectivity index is 1.92. The lowest BCUT2D eigenvalue weighted by atomic mass is 10.3. The van der Waals surface area contributed by atoms with Gasteiger partial charge >= 0.3 is 0 Å². The van der Waals surface area contributed by atoms with Crippen molar-refractivity contribution in [1.29, 1.82) is 0 Å². The van der Waals surface area contributed by atoms with Crippen LogP contribution in [0, 0.1) is 6.92 Å². The molecule has 20 heavy (non-hydrogen) atoms. The molecule has 0 radical (unpaired) electrons. The number of aryl methyl sites for hydroxylation is 1. The van der Waals surface area contributed by atoms with Gasteiger partial charge < -0.3 is 5.32 Å². The van der Waals surface area contributed by atoms with Gasteiger partial charge in [-0.05, 0) is 36.5 Å². The SMILES string of the molecule is CNCc1csc(S(=O)(=O)NCCn2cc(C)cn2)c1. The van der Waals surface area contributed by atoms with Gasteiger partial charge in [0, 0.05) is 19.3 Å². The van der Waals surface area contributed by atoms with Gasteiger partial charge in [-0.3, -0.25) is 4.68 Å². The molecule has 2 aromatic rings. The van der Waals surface area contributed by atoms with Crippen LogP contribution in [0.3, 0.4) is 0 Å². The molecule has 2 rings (SSSR count). The first-order valence-corrected chi connectivity index (χ1v) is 8.58. The fourth-order valence-electron chi connectivity index (χ4n) is 1.75. The fraction of sp³-hybridized carbons (Fsp3) is 0.417. The van der Waals surface area contributed by atoms with E-state index in [4.69, 9.17) is 0 Å². The van der Waals surface area contributed by atoms with Crippen LogP contribution in [0.15, 0.2) is 28.0 Å². The summed E-state index contributed by atoms with van der Waals surface area (Å²) in [7, 11) is -1.59. The number of aromatic nitrogens is 2. The molecule has 0 saturated carbocycles. The van der Waals surface area contributed by atoms with Crippen molar-refractivity contribution in [2.45, 2.75) is 24.2 Å². The first-order valence-electron chi connectivity index (χ1n) is 6.22. The third kappa shape index (κ3) is 3.89. The van der Waals surface area contributed by atoms with Gasteiger partial charge in [0.25, 0.3) is 0 Å². The zero-order valence-electron chi connectivity index (χ0n) is 11.5. The highest BCUT2D eigenvalue weighted by atomic mass is 32.2. The summed E-state index contributed by atoms with van der Waals surface area (Å²) in [6.45, 7) is 3.45. The Morgan fingerprint density at radius 3 is 2.90 bits per heavy atom. The van der Waals surface area contributed by atoms with E-state index in [1.165, 1.54) is 11.3 Å². The number of thiophene rings is 1. The second kappa shape index (κ2) is 6.49. The molecule has 0 aliphatic heterocycles. The number of hydrogen-bond donors (Lipinski definition) is 2. The van der Waals surface area contributed by atoms with Crippen molar-refractivity contribution in [3.63, 3.8) is 0 Å². The minimum absolute atomic E-state index is 0.322. The standard InChI is InChI=1S/C12H18N4O2S2/c1-10-6-14-16(8-10)4-3-15-20(17,18)12-5-11(7-13-2)9-19-12/h5-6,8-9,13,15H,3-4,7H2,1-2H3. The van der Waals surface area contributed by atoms with Crippen molar-refractivity contribution in [2.75, 3.05) is 13.6 Å². The molecule has 0 aliphatic carbocycles. The van der Waals surface area contributed by atoms with Crippen LogP contribution in [0.2, 0.25) is 0 Å². The van der Waals surface area contributed by atoms with Crippen LogP contribution in [0.5, 0.6) is 0 Å². The van der Waals surface area contributed by atoms with Crippen LogP contribution in [-0.2, 0) is 23.1 Å². The van der Waals surface area contributed by atoms with Gasteiger partial charge in [-0.2, -0.15) is 5.10 Å². The Morgan fingerprint density at radius 1 is 1.45 bits per heavy atom. The lowest BCUT2D eigenvalue weighted by molar-refractivity contribution is 0.562. The van der Waals surface area contributed by atoms with Gasteiger partial charge in [-0.1, -0.05) is 0 Å². The molecule has 0 atom stereocenters. The molecule has 0 bridgehead atoms. The van der Waals surface area contributed by atoms with E-state index in [1.807, 2.05) is 25.5 Å². The van der Waals surface area contributed by atoms with Gasteiger partial charge in [0.2, 0.25) is 10.0 Å². The maximum atomic E-state index is 12.1. The van der Waals surface area contributed by atoms with Crippen molar-refractivity contribution in [2.24, 2.45) is 0 Å². The number of sulfonamides is 1. The van der Waals surface area contributed by atoms with E-state index < -0.39 is 10.0 Å². The molecule has 2 aromatic heterocycles. The van der Waals surface area contributed by atoms with Crippen LogP contribution < -0.4 is 10.0 Å². The molecule has 0 unspecified atom stereocenters. The van der Waals surface area contributed by atoms with Gasteiger partial charge in [0.05, 0.1) is 12.7 Å². The Hall–Kier alpha value is -1.22. The molecule has 2 N–H and O–H groups in total. The first-order chi connectivity index (χ1) is 9.51. The van der Waals surface area contributed by atoms with E-state index in [-0.39, 0.29) is 0 Å². The molecule has 0 spiro atoms. The highest BCUT2D eigenvalue weighted by molar-refractivity contribution is 7.91. The number of nitrogens with zero attached hydrogens (tertiary/aromatic N) is 2. The fourth-order valence-corrected chi connectivity index (χ4v) is 4.02. The molecule has 0 amide bonds. The van der Waals surface area contributed by atoms with Crippen molar-refractivity contribution in [3.05, 3.63) is 35.0 Å². The Kier molecular flexibility index (Phi) is 4.92. The molecule has 0 aliphatic rings. The topological polar surface area (TPSA) is 76.0 Å². The summed E-state index contributed by atoms with van der Waals surface area (Å²) in [4.78, 5) is 0. The molecule has 0 fully saturated rings. The highest BCUT2D eigenvalue weighted by Gasteiger charge is 2.16. The van der Waals surface area contributed by atoms with Crippen molar-refractivity contribution < 1.29 is 8.42 Å². The Bertz CT molecular complexity index is 661. The summed E-state index contributed by atoms with van der Waals surface area (Å²) in [5, 5.41) is 8.96. The van der Waals surface area contributed by atoms with Gasteiger partial charge in [0.1, 0.15) is 4.21 Å². The van der Waals surface area contributed by atoms with Crippen LogP contribution in [-0.4, -0.2) is 31.8 Å². The zero-order chi connectivity index (χ0) is 14.6. The largest absolute Gasteiger partial charge is 0.316 e. The van der Waals surface area contributed by atoms with E-state index in [0.717, 1.165) is 11.1 Å². The molecular formula is C12H18N4O2S2. The van der Waals surface area contributed by atoms with Crippen molar-refractivity contribution >= 4 is 21.4 Å². The number of hydrogen-bond acceptors (Lipinski definition) is 5. The minimum Gasteiger partial charge on any atom is -0.316 e. The van der Waals surface area contributed by atoms with E-state index in [0.29, 0.717) is 23.8 Å². The molecule has 0 aromatic carbocycles. The smallest absolute Gasteiger partial charge is 0.250 e. The molecular weight excluding hydrogens is 296 g/mol. The summed E-state index contributed by atoms with van der Waals surface area (Å²) < 4.78 is 28.8. The normalized spacial score (nSPS) is 11.9. The molecule has 2 heterocycles. The Morgan fingerprint density at radius 2 is 2.25 bits per heavy atom. The summed E-state index contributed by atoms with van der Waals surface area (Å²) in [5.74, 6) is 0. The lowest BCUT2D eigenvalue weighted by Crippen LogP contribution is -2.27. The average Bonchev–Trinajstić information content (AvgIpc) is 2.99. The third-order valence-electron chi connectivity index (χ3n) is 2.67. The van der Waals surface area contributed by atoms with Gasteiger partial charge in [-0.15, -0.1) is 11.3 Å². The summed E-state index contributed by atoms with van der Waals surface area (Å²) >= 11 is 1.23. The van der Waals surface area contributed by atoms with Gasteiger partial charge in [-0.25, -0.2) is 13.1 Å². The van der Waals surface area contributed by atoms with Gasteiger partial charge in [0.15, 0.2) is 0 Å². The van der Waals surface area contributed by atoms with Crippen LogP contribution in [0.25, 0.3) is 0 Å². The molecule has 110 valence electrons. The lowest BCUT2D eigenvalue weighted by Gasteiger charge is -2.04. The molecule has 6 nitrogen and oxygen atoms in total. The minimum atomic E-state index is -3.42. The predicted molar refractivity (Wildman–Crippen MR) is 79.2 cm³/mol. The average molecular weight is 314 g/mol. The molecule has 0 saturated heterocycles. The quantitative estimate of drug-likeness (QED) is 0.798. The second-order valence-corrected chi connectivity index (χ2v) is 7.39.